The van der Waals surface area contributed by atoms with E-state index >= 15 is 0 Å². The van der Waals surface area contributed by atoms with Crippen LogP contribution in [0.25, 0.3) is 0 Å². The van der Waals surface area contributed by atoms with Gasteiger partial charge in [0.15, 0.2) is 0 Å². The molecule has 0 saturated carbocycles. The molecular weight excluding hydrogens is 258 g/mol. The summed E-state index contributed by atoms with van der Waals surface area (Å²) in [7, 11) is 0. The van der Waals surface area contributed by atoms with Crippen molar-refractivity contribution in [3.63, 3.8) is 0 Å². The van der Waals surface area contributed by atoms with Gasteiger partial charge in [0.05, 0.1) is 11.1 Å². The number of rotatable bonds is 2. The minimum Gasteiger partial charge on any atom is -0.506 e. The van der Waals surface area contributed by atoms with Gasteiger partial charge in [-0.15, -0.1) is 0 Å². The third-order valence-corrected chi connectivity index (χ3v) is 3.52. The largest absolute Gasteiger partial charge is 0.506 e. The zero-order chi connectivity index (χ0) is 10.8. The van der Waals surface area contributed by atoms with Crippen molar-refractivity contribution in [3.8, 4) is 5.75 Å². The summed E-state index contributed by atoms with van der Waals surface area (Å²) in [5, 5.41) is 9.90. The molecule has 0 spiro atoms. The molecule has 3 nitrogen and oxygen atoms in total. The number of phenolic OH excluding ortho intramolecular Hbond substituents is 1. The number of fused-ring (bicyclic) bond motifs is 1. The highest BCUT2D eigenvalue weighted by Crippen LogP contribution is 2.36. The minimum absolute atomic E-state index is 0.265. The lowest BCUT2D eigenvalue weighted by molar-refractivity contribution is 0.121. The molecule has 2 rings (SSSR count). The number of hydrogen-bond donors (Lipinski definition) is 2. The van der Waals surface area contributed by atoms with Crippen molar-refractivity contribution in [2.75, 3.05) is 0 Å². The maximum Gasteiger partial charge on any atom is 0.135 e. The molecule has 0 saturated heterocycles. The summed E-state index contributed by atoms with van der Waals surface area (Å²) >= 11 is 3.35. The summed E-state index contributed by atoms with van der Waals surface area (Å²) in [6, 6.07) is 2.00. The van der Waals surface area contributed by atoms with Crippen molar-refractivity contribution in [2.45, 2.75) is 32.3 Å². The Morgan fingerprint density at radius 1 is 1.40 bits per heavy atom. The van der Waals surface area contributed by atoms with Crippen molar-refractivity contribution in [3.05, 3.63) is 27.2 Å². The number of aryl methyl sites for hydroxylation is 1. The molecule has 4 heteroatoms. The van der Waals surface area contributed by atoms with E-state index in [4.69, 9.17) is 5.90 Å². The minimum atomic E-state index is 0.265. The van der Waals surface area contributed by atoms with E-state index in [0.29, 0.717) is 0 Å². The first kappa shape index (κ1) is 10.9. The van der Waals surface area contributed by atoms with Crippen LogP contribution < -0.4 is 5.90 Å². The highest BCUT2D eigenvalue weighted by atomic mass is 79.9. The van der Waals surface area contributed by atoms with E-state index in [9.17, 15) is 5.11 Å². The average Bonchev–Trinajstić information content (AvgIpc) is 2.25. The van der Waals surface area contributed by atoms with E-state index in [1.807, 2.05) is 6.07 Å². The molecule has 0 atom stereocenters. The Kier molecular flexibility index (Phi) is 3.29. The van der Waals surface area contributed by atoms with Gasteiger partial charge in [-0.2, -0.15) is 0 Å². The summed E-state index contributed by atoms with van der Waals surface area (Å²) < 4.78 is 0.732. The molecule has 0 unspecified atom stereocenters. The van der Waals surface area contributed by atoms with Crippen LogP contribution in [-0.2, 0) is 24.3 Å². The fourth-order valence-corrected chi connectivity index (χ4v) is 2.70. The Labute approximate surface area is 97.3 Å². The molecule has 0 amide bonds. The molecule has 0 aromatic heterocycles. The summed E-state index contributed by atoms with van der Waals surface area (Å²) in [6.45, 7) is 0.271. The van der Waals surface area contributed by atoms with Crippen molar-refractivity contribution < 1.29 is 9.94 Å². The van der Waals surface area contributed by atoms with E-state index < -0.39 is 0 Å². The van der Waals surface area contributed by atoms with Crippen LogP contribution in [-0.4, -0.2) is 5.11 Å². The second-order valence-corrected chi connectivity index (χ2v) is 4.70. The van der Waals surface area contributed by atoms with Gasteiger partial charge in [-0.05, 0) is 58.8 Å². The maximum atomic E-state index is 9.90. The third kappa shape index (κ3) is 2.02. The molecule has 1 aliphatic rings. The first-order valence-corrected chi connectivity index (χ1v) is 5.87. The number of nitrogens with two attached hydrogens (primary N) is 1. The molecule has 1 aromatic rings. The molecular formula is C11H14BrNO2. The Balaban J connectivity index is 2.52. The van der Waals surface area contributed by atoms with Crippen LogP contribution in [0.3, 0.4) is 0 Å². The second-order valence-electron chi connectivity index (χ2n) is 3.84. The monoisotopic (exact) mass is 271 g/mol. The molecule has 0 bridgehead atoms. The standard InChI is InChI=1S/C11H14BrNO2/c12-10-5-7-3-1-2-4-8(7)9(6-15-13)11(10)14/h5,14H,1-4,6,13H2. The van der Waals surface area contributed by atoms with Gasteiger partial charge in [0.1, 0.15) is 5.75 Å². The van der Waals surface area contributed by atoms with E-state index in [2.05, 4.69) is 20.8 Å². The van der Waals surface area contributed by atoms with Gasteiger partial charge in [-0.25, -0.2) is 5.90 Å². The molecule has 1 aliphatic carbocycles. The summed E-state index contributed by atoms with van der Waals surface area (Å²) in [4.78, 5) is 4.65. The zero-order valence-electron chi connectivity index (χ0n) is 8.42. The summed E-state index contributed by atoms with van der Waals surface area (Å²) in [5.41, 5.74) is 3.35. The number of phenols is 1. The normalized spacial score (nSPS) is 15.1. The predicted octanol–water partition coefficient (Wildman–Crippen LogP) is 2.42. The lowest BCUT2D eigenvalue weighted by Crippen LogP contribution is -2.09. The molecule has 0 fully saturated rings. The van der Waals surface area contributed by atoms with Gasteiger partial charge in [0.25, 0.3) is 0 Å². The molecule has 3 N–H and O–H groups in total. The second kappa shape index (κ2) is 4.51. The van der Waals surface area contributed by atoms with E-state index in [1.165, 1.54) is 24.0 Å². The number of halogens is 1. The number of hydrogen-bond acceptors (Lipinski definition) is 3. The van der Waals surface area contributed by atoms with Gasteiger partial charge in [-0.3, -0.25) is 4.84 Å². The molecule has 82 valence electrons. The Bertz CT molecular complexity index is 379. The highest BCUT2D eigenvalue weighted by molar-refractivity contribution is 9.10. The zero-order valence-corrected chi connectivity index (χ0v) is 10.0. The highest BCUT2D eigenvalue weighted by Gasteiger charge is 2.18. The molecule has 1 aromatic carbocycles. The fraction of sp³-hybridized carbons (Fsp3) is 0.455. The van der Waals surface area contributed by atoms with E-state index in [1.54, 1.807) is 0 Å². The Morgan fingerprint density at radius 2 is 2.13 bits per heavy atom. The lowest BCUT2D eigenvalue weighted by atomic mass is 9.88. The third-order valence-electron chi connectivity index (χ3n) is 2.92. The van der Waals surface area contributed by atoms with Gasteiger partial charge in [-0.1, -0.05) is 0 Å². The van der Waals surface area contributed by atoms with Gasteiger partial charge in [0, 0.05) is 5.56 Å². The first-order valence-electron chi connectivity index (χ1n) is 5.07. The van der Waals surface area contributed by atoms with Crippen LogP contribution in [0, 0.1) is 0 Å². The molecule has 15 heavy (non-hydrogen) atoms. The van der Waals surface area contributed by atoms with Crippen LogP contribution in [0.5, 0.6) is 5.75 Å². The average molecular weight is 272 g/mol. The maximum absolute atomic E-state index is 9.90. The Morgan fingerprint density at radius 3 is 2.87 bits per heavy atom. The van der Waals surface area contributed by atoms with Crippen molar-refractivity contribution >= 4 is 15.9 Å². The lowest BCUT2D eigenvalue weighted by Gasteiger charge is -2.20. The van der Waals surface area contributed by atoms with Gasteiger partial charge >= 0.3 is 0 Å². The van der Waals surface area contributed by atoms with Crippen molar-refractivity contribution in [2.24, 2.45) is 5.90 Å². The quantitative estimate of drug-likeness (QED) is 0.813. The molecule has 0 heterocycles. The van der Waals surface area contributed by atoms with Gasteiger partial charge < -0.3 is 5.11 Å². The topological polar surface area (TPSA) is 55.5 Å². The van der Waals surface area contributed by atoms with Crippen LogP contribution in [0.4, 0.5) is 0 Å². The molecule has 0 radical (unpaired) electrons. The molecule has 0 aliphatic heterocycles. The van der Waals surface area contributed by atoms with E-state index in [-0.39, 0.29) is 12.4 Å². The smallest absolute Gasteiger partial charge is 0.135 e. The SMILES string of the molecule is NOCc1c(O)c(Br)cc2c1CCCC2. The van der Waals surface area contributed by atoms with Crippen LogP contribution in [0.1, 0.15) is 29.5 Å². The number of aromatic hydroxyl groups is 1. The predicted molar refractivity (Wildman–Crippen MR) is 61.4 cm³/mol. The van der Waals surface area contributed by atoms with Gasteiger partial charge in [0.2, 0.25) is 0 Å². The van der Waals surface area contributed by atoms with Crippen LogP contribution >= 0.6 is 15.9 Å². The summed E-state index contributed by atoms with van der Waals surface area (Å²) in [6.07, 6.45) is 4.47. The van der Waals surface area contributed by atoms with Crippen LogP contribution in [0.2, 0.25) is 0 Å². The van der Waals surface area contributed by atoms with Crippen molar-refractivity contribution in [1.82, 2.24) is 0 Å². The number of benzene rings is 1. The van der Waals surface area contributed by atoms with Crippen molar-refractivity contribution in [1.29, 1.82) is 0 Å². The van der Waals surface area contributed by atoms with E-state index in [0.717, 1.165) is 22.9 Å². The fourth-order valence-electron chi connectivity index (χ4n) is 2.18. The van der Waals surface area contributed by atoms with Crippen LogP contribution in [0.15, 0.2) is 10.5 Å². The summed E-state index contributed by atoms with van der Waals surface area (Å²) in [5.74, 6) is 5.35. The Hall–Kier alpha value is -0.580. The first-order chi connectivity index (χ1) is 7.24.